The summed E-state index contributed by atoms with van der Waals surface area (Å²) in [5.74, 6) is 0.302. The minimum absolute atomic E-state index is 0.00124. The van der Waals surface area contributed by atoms with Crippen molar-refractivity contribution in [1.82, 2.24) is 5.32 Å². The molecule has 2 rings (SSSR count). The molecule has 0 aromatic carbocycles. The van der Waals surface area contributed by atoms with E-state index < -0.39 is 0 Å². The van der Waals surface area contributed by atoms with Crippen LogP contribution in [0.4, 0.5) is 0 Å². The second kappa shape index (κ2) is 10.1. The van der Waals surface area contributed by atoms with Gasteiger partial charge in [0.05, 0.1) is 12.2 Å². The number of carbonyl (C=O) groups is 2. The van der Waals surface area contributed by atoms with Crippen LogP contribution in [0.15, 0.2) is 0 Å². The van der Waals surface area contributed by atoms with Gasteiger partial charge in [-0.25, -0.2) is 0 Å². The number of hydrogen-bond acceptors (Lipinski definition) is 4. The third kappa shape index (κ3) is 7.06. The normalized spacial score (nSPS) is 28.0. The van der Waals surface area contributed by atoms with Gasteiger partial charge in [0.15, 0.2) is 0 Å². The molecule has 2 fully saturated rings. The van der Waals surface area contributed by atoms with Crippen LogP contribution in [0, 0.1) is 17.3 Å². The Morgan fingerprint density at radius 3 is 2.29 bits per heavy atom. The summed E-state index contributed by atoms with van der Waals surface area (Å²) < 4.78 is 12.2. The molecule has 5 nitrogen and oxygen atoms in total. The van der Waals surface area contributed by atoms with Gasteiger partial charge >= 0.3 is 5.97 Å². The van der Waals surface area contributed by atoms with Gasteiger partial charge in [0.25, 0.3) is 0 Å². The third-order valence-corrected chi connectivity index (χ3v) is 6.23. The van der Waals surface area contributed by atoms with Crippen molar-refractivity contribution in [3.8, 4) is 0 Å². The molecule has 0 bridgehead atoms. The summed E-state index contributed by atoms with van der Waals surface area (Å²) in [6.07, 6.45) is 8.30. The van der Waals surface area contributed by atoms with Gasteiger partial charge in [-0.05, 0) is 37.0 Å². The lowest BCUT2D eigenvalue weighted by Crippen LogP contribution is -2.50. The Labute approximate surface area is 171 Å². The van der Waals surface area contributed by atoms with Crippen molar-refractivity contribution < 1.29 is 19.1 Å². The van der Waals surface area contributed by atoms with Crippen molar-refractivity contribution in [2.45, 2.75) is 117 Å². The number of amides is 1. The van der Waals surface area contributed by atoms with E-state index in [0.717, 1.165) is 32.1 Å². The van der Waals surface area contributed by atoms with Gasteiger partial charge in [-0.3, -0.25) is 9.59 Å². The minimum atomic E-state index is -0.205. The summed E-state index contributed by atoms with van der Waals surface area (Å²) in [4.78, 5) is 24.0. The second-order valence-corrected chi connectivity index (χ2v) is 10.2. The van der Waals surface area contributed by atoms with Gasteiger partial charge in [0, 0.05) is 25.3 Å². The molecule has 162 valence electrons. The molecular formula is C23H41NO4. The average molecular weight is 396 g/mol. The standard InChI is InChI=1S/C23H41NO4/c1-15(2)22(26)24-18-12-19(28-21(13-18)23(4,5)6)14-20(27-16(3)25)17-10-8-7-9-11-17/h15,17-21H,7-14H2,1-6H3,(H,24,26)/t18?,19-,20+,21+/m0/s1. The van der Waals surface area contributed by atoms with Gasteiger partial charge in [-0.1, -0.05) is 53.9 Å². The lowest BCUT2D eigenvalue weighted by Gasteiger charge is -2.43. The number of esters is 1. The highest BCUT2D eigenvalue weighted by Crippen LogP contribution is 2.36. The van der Waals surface area contributed by atoms with E-state index in [0.29, 0.717) is 5.92 Å². The molecule has 1 unspecified atom stereocenters. The van der Waals surface area contributed by atoms with Gasteiger partial charge in [0.1, 0.15) is 6.10 Å². The predicted molar refractivity (Wildman–Crippen MR) is 111 cm³/mol. The molecule has 1 heterocycles. The maximum atomic E-state index is 12.3. The van der Waals surface area contributed by atoms with Crippen LogP contribution in [0.25, 0.3) is 0 Å². The Morgan fingerprint density at radius 2 is 1.75 bits per heavy atom. The van der Waals surface area contributed by atoms with Crippen molar-refractivity contribution in [3.05, 3.63) is 0 Å². The van der Waals surface area contributed by atoms with Crippen LogP contribution in [0.3, 0.4) is 0 Å². The van der Waals surface area contributed by atoms with E-state index in [-0.39, 0.29) is 47.6 Å². The van der Waals surface area contributed by atoms with Crippen molar-refractivity contribution in [3.63, 3.8) is 0 Å². The molecule has 5 heteroatoms. The molecule has 4 atom stereocenters. The van der Waals surface area contributed by atoms with Gasteiger partial charge in [-0.2, -0.15) is 0 Å². The van der Waals surface area contributed by atoms with Gasteiger partial charge < -0.3 is 14.8 Å². The van der Waals surface area contributed by atoms with Crippen LogP contribution in [0.5, 0.6) is 0 Å². The third-order valence-electron chi connectivity index (χ3n) is 6.23. The first-order chi connectivity index (χ1) is 13.1. The smallest absolute Gasteiger partial charge is 0.302 e. The fourth-order valence-electron chi connectivity index (χ4n) is 4.53. The van der Waals surface area contributed by atoms with Gasteiger partial charge in [0.2, 0.25) is 5.91 Å². The zero-order chi connectivity index (χ0) is 20.9. The zero-order valence-corrected chi connectivity index (χ0v) is 18.8. The predicted octanol–water partition coefficient (Wildman–Crippen LogP) is 4.62. The highest BCUT2D eigenvalue weighted by atomic mass is 16.5. The number of ether oxygens (including phenoxy) is 2. The SMILES string of the molecule is CC(=O)O[C@H](C[C@@H]1CC(NC(=O)C(C)C)C[C@H](C(C)(C)C)O1)C1CCCCC1. The quantitative estimate of drug-likeness (QED) is 0.666. The molecule has 0 radical (unpaired) electrons. The molecule has 2 aliphatic rings. The molecule has 1 amide bonds. The largest absolute Gasteiger partial charge is 0.462 e. The maximum Gasteiger partial charge on any atom is 0.302 e. The van der Waals surface area contributed by atoms with Gasteiger partial charge in [-0.15, -0.1) is 0 Å². The van der Waals surface area contributed by atoms with Crippen molar-refractivity contribution in [2.75, 3.05) is 0 Å². The van der Waals surface area contributed by atoms with E-state index in [2.05, 4.69) is 26.1 Å². The first kappa shape index (κ1) is 23.2. The average Bonchev–Trinajstić information content (AvgIpc) is 2.60. The Balaban J connectivity index is 2.09. The van der Waals surface area contributed by atoms with E-state index in [9.17, 15) is 9.59 Å². The summed E-state index contributed by atoms with van der Waals surface area (Å²) >= 11 is 0. The topological polar surface area (TPSA) is 64.6 Å². The fraction of sp³-hybridized carbons (Fsp3) is 0.913. The lowest BCUT2D eigenvalue weighted by atomic mass is 9.79. The number of rotatable bonds is 6. The van der Waals surface area contributed by atoms with E-state index in [1.54, 1.807) is 0 Å². The van der Waals surface area contributed by atoms with Crippen molar-refractivity contribution in [1.29, 1.82) is 0 Å². The number of hydrogen-bond donors (Lipinski definition) is 1. The first-order valence-electron chi connectivity index (χ1n) is 11.2. The van der Waals surface area contributed by atoms with Crippen LogP contribution in [0.1, 0.15) is 92.9 Å². The molecule has 1 saturated carbocycles. The Kier molecular flexibility index (Phi) is 8.35. The molecule has 1 aliphatic carbocycles. The summed E-state index contributed by atoms with van der Waals surface area (Å²) in [5.41, 5.74) is 0.00124. The van der Waals surface area contributed by atoms with E-state index in [1.807, 2.05) is 13.8 Å². The molecule has 1 N–H and O–H groups in total. The lowest BCUT2D eigenvalue weighted by molar-refractivity contribution is -0.159. The van der Waals surface area contributed by atoms with Crippen molar-refractivity contribution >= 4 is 11.9 Å². The Hall–Kier alpha value is -1.10. The van der Waals surface area contributed by atoms with Crippen molar-refractivity contribution in [2.24, 2.45) is 17.3 Å². The summed E-state index contributed by atoms with van der Waals surface area (Å²) in [6, 6.07) is 0.113. The van der Waals surface area contributed by atoms with E-state index in [4.69, 9.17) is 9.47 Å². The highest BCUT2D eigenvalue weighted by Gasteiger charge is 2.39. The summed E-state index contributed by atoms with van der Waals surface area (Å²) in [5, 5.41) is 3.22. The first-order valence-corrected chi connectivity index (χ1v) is 11.2. The van der Waals surface area contributed by atoms with E-state index >= 15 is 0 Å². The van der Waals surface area contributed by atoms with Crippen LogP contribution < -0.4 is 5.32 Å². The maximum absolute atomic E-state index is 12.3. The van der Waals surface area contributed by atoms with Crippen LogP contribution in [-0.2, 0) is 19.1 Å². The Bertz CT molecular complexity index is 519. The fourth-order valence-corrected chi connectivity index (χ4v) is 4.53. The molecule has 0 spiro atoms. The number of nitrogens with one attached hydrogen (secondary N) is 1. The van der Waals surface area contributed by atoms with Crippen LogP contribution >= 0.6 is 0 Å². The highest BCUT2D eigenvalue weighted by molar-refractivity contribution is 5.78. The minimum Gasteiger partial charge on any atom is -0.462 e. The molecule has 1 aliphatic heterocycles. The second-order valence-electron chi connectivity index (χ2n) is 10.2. The zero-order valence-electron chi connectivity index (χ0n) is 18.8. The van der Waals surface area contributed by atoms with Crippen LogP contribution in [0.2, 0.25) is 0 Å². The summed E-state index contributed by atoms with van der Waals surface area (Å²) in [6.45, 7) is 11.9. The summed E-state index contributed by atoms with van der Waals surface area (Å²) in [7, 11) is 0. The van der Waals surface area contributed by atoms with Crippen LogP contribution in [-0.4, -0.2) is 36.2 Å². The Morgan fingerprint density at radius 1 is 1.11 bits per heavy atom. The molecule has 1 saturated heterocycles. The molecule has 28 heavy (non-hydrogen) atoms. The monoisotopic (exact) mass is 395 g/mol. The molecule has 0 aromatic rings. The molecular weight excluding hydrogens is 354 g/mol. The molecule has 0 aromatic heterocycles. The van der Waals surface area contributed by atoms with E-state index in [1.165, 1.54) is 26.2 Å². The number of carbonyl (C=O) groups excluding carboxylic acids is 2.